The zero-order valence-corrected chi connectivity index (χ0v) is 17.2. The van der Waals surface area contributed by atoms with Gasteiger partial charge in [-0.25, -0.2) is 4.98 Å². The average Bonchev–Trinajstić information content (AvgIpc) is 2.68. The van der Waals surface area contributed by atoms with Gasteiger partial charge in [0, 0.05) is 23.7 Å². The van der Waals surface area contributed by atoms with Crippen LogP contribution in [0.5, 0.6) is 5.75 Å². The van der Waals surface area contributed by atoms with Crippen LogP contribution in [0.3, 0.4) is 0 Å². The number of nitrogens with one attached hydrogen (secondary N) is 1. The molecule has 0 radical (unpaired) electrons. The van der Waals surface area contributed by atoms with E-state index in [1.807, 2.05) is 25.1 Å². The van der Waals surface area contributed by atoms with Gasteiger partial charge < -0.3 is 26.0 Å². The maximum absolute atomic E-state index is 11.3. The first kappa shape index (κ1) is 22.4. The number of methoxy groups -OCH3 is 1. The fraction of sp³-hybridized carbons (Fsp3) is 0.476. The molecule has 8 heteroatoms. The summed E-state index contributed by atoms with van der Waals surface area (Å²) in [5.41, 5.74) is 9.04. The lowest BCUT2D eigenvalue weighted by Crippen LogP contribution is -2.25. The summed E-state index contributed by atoms with van der Waals surface area (Å²) in [7, 11) is 1.59. The van der Waals surface area contributed by atoms with Crippen LogP contribution in [0.4, 0.5) is 11.8 Å². The molecule has 2 rings (SSSR count). The molecule has 1 aromatic heterocycles. The maximum Gasteiger partial charge on any atom is 0.305 e. The predicted octanol–water partition coefficient (Wildman–Crippen LogP) is 2.90. The van der Waals surface area contributed by atoms with E-state index in [1.54, 1.807) is 7.11 Å². The first-order chi connectivity index (χ1) is 13.9. The summed E-state index contributed by atoms with van der Waals surface area (Å²) in [6.07, 6.45) is 3.05. The van der Waals surface area contributed by atoms with Gasteiger partial charge in [-0.1, -0.05) is 25.8 Å². The molecule has 2 aromatic rings. The highest BCUT2D eigenvalue weighted by Crippen LogP contribution is 2.28. The fourth-order valence-corrected chi connectivity index (χ4v) is 3.29. The van der Waals surface area contributed by atoms with Gasteiger partial charge in [0.1, 0.15) is 11.6 Å². The lowest BCUT2D eigenvalue weighted by Gasteiger charge is -2.21. The average molecular weight is 402 g/mol. The Hall–Kier alpha value is -2.87. The number of carboxylic acid groups (broad SMARTS) is 1. The Bertz CT molecular complexity index is 842. The van der Waals surface area contributed by atoms with E-state index in [4.69, 9.17) is 10.5 Å². The van der Waals surface area contributed by atoms with Gasteiger partial charge in [0.2, 0.25) is 5.95 Å². The molecule has 5 N–H and O–H groups in total. The number of aliphatic hydroxyl groups excluding tert-OH is 1. The Morgan fingerprint density at radius 3 is 2.72 bits per heavy atom. The van der Waals surface area contributed by atoms with Gasteiger partial charge in [-0.3, -0.25) is 4.79 Å². The Balaban J connectivity index is 2.41. The number of carbonyl (C=O) groups is 1. The Morgan fingerprint density at radius 1 is 1.34 bits per heavy atom. The third-order valence-electron chi connectivity index (χ3n) is 4.79. The number of nitrogen functional groups attached to an aromatic ring is 1. The minimum absolute atomic E-state index is 0.00822. The summed E-state index contributed by atoms with van der Waals surface area (Å²) < 4.78 is 5.46. The van der Waals surface area contributed by atoms with E-state index in [2.05, 4.69) is 22.2 Å². The highest BCUT2D eigenvalue weighted by atomic mass is 16.5. The van der Waals surface area contributed by atoms with Crippen LogP contribution >= 0.6 is 0 Å². The predicted molar refractivity (Wildman–Crippen MR) is 112 cm³/mol. The number of hydrogen-bond donors (Lipinski definition) is 4. The summed E-state index contributed by atoms with van der Waals surface area (Å²) in [4.78, 5) is 19.9. The number of aliphatic hydroxyl groups is 1. The minimum Gasteiger partial charge on any atom is -0.496 e. The van der Waals surface area contributed by atoms with Gasteiger partial charge in [-0.05, 0) is 36.6 Å². The van der Waals surface area contributed by atoms with Gasteiger partial charge in [0.05, 0.1) is 20.1 Å². The second-order valence-electron chi connectivity index (χ2n) is 7.06. The molecule has 29 heavy (non-hydrogen) atoms. The molecule has 8 nitrogen and oxygen atoms in total. The van der Waals surface area contributed by atoms with Crippen molar-refractivity contribution in [3.63, 3.8) is 0 Å². The molecule has 158 valence electrons. The Kier molecular flexibility index (Phi) is 8.21. The van der Waals surface area contributed by atoms with E-state index in [1.165, 1.54) is 0 Å². The fourth-order valence-electron chi connectivity index (χ4n) is 3.29. The minimum atomic E-state index is -0.865. The monoisotopic (exact) mass is 402 g/mol. The number of rotatable bonds is 11. The van der Waals surface area contributed by atoms with Gasteiger partial charge in [-0.2, -0.15) is 4.98 Å². The summed E-state index contributed by atoms with van der Waals surface area (Å²) >= 11 is 0. The first-order valence-corrected chi connectivity index (χ1v) is 9.75. The summed E-state index contributed by atoms with van der Waals surface area (Å²) in [6, 6.07) is 5.24. The van der Waals surface area contributed by atoms with E-state index in [-0.39, 0.29) is 25.0 Å². The molecule has 0 aliphatic heterocycles. The number of aliphatic carboxylic acids is 1. The molecular weight excluding hydrogens is 372 g/mol. The van der Waals surface area contributed by atoms with Crippen molar-refractivity contribution in [1.29, 1.82) is 0 Å². The molecule has 1 atom stereocenters. The normalized spacial score (nSPS) is 11.9. The molecular formula is C21H30N4O4. The number of carboxylic acids is 1. The number of aromatic nitrogens is 2. The Labute approximate surface area is 171 Å². The van der Waals surface area contributed by atoms with Crippen LogP contribution in [0.15, 0.2) is 18.2 Å². The van der Waals surface area contributed by atoms with Crippen molar-refractivity contribution in [2.45, 2.75) is 58.6 Å². The van der Waals surface area contributed by atoms with Crippen molar-refractivity contribution < 1.29 is 19.7 Å². The second kappa shape index (κ2) is 10.6. The van der Waals surface area contributed by atoms with Crippen molar-refractivity contribution >= 4 is 17.7 Å². The smallest absolute Gasteiger partial charge is 0.305 e. The third-order valence-corrected chi connectivity index (χ3v) is 4.79. The summed E-state index contributed by atoms with van der Waals surface area (Å²) in [6.45, 7) is 3.84. The highest BCUT2D eigenvalue weighted by Gasteiger charge is 2.19. The van der Waals surface area contributed by atoms with E-state index in [9.17, 15) is 15.0 Å². The van der Waals surface area contributed by atoms with E-state index < -0.39 is 5.97 Å². The number of benzene rings is 1. The molecule has 1 aromatic carbocycles. The molecule has 1 heterocycles. The quantitative estimate of drug-likeness (QED) is 0.451. The topological polar surface area (TPSA) is 131 Å². The van der Waals surface area contributed by atoms with Crippen molar-refractivity contribution in [1.82, 2.24) is 9.97 Å². The number of nitrogens with zero attached hydrogens (tertiary/aromatic N) is 2. The van der Waals surface area contributed by atoms with E-state index in [0.717, 1.165) is 29.5 Å². The van der Waals surface area contributed by atoms with Crippen LogP contribution in [-0.4, -0.2) is 39.3 Å². The van der Waals surface area contributed by atoms with Crippen molar-refractivity contribution in [3.05, 3.63) is 40.6 Å². The molecule has 0 aliphatic rings. The van der Waals surface area contributed by atoms with Crippen LogP contribution in [0.25, 0.3) is 0 Å². The van der Waals surface area contributed by atoms with Crippen molar-refractivity contribution in [2.75, 3.05) is 18.2 Å². The van der Waals surface area contributed by atoms with Crippen LogP contribution in [0.1, 0.15) is 55.0 Å². The molecule has 0 fully saturated rings. The van der Waals surface area contributed by atoms with Gasteiger partial charge in [0.25, 0.3) is 0 Å². The van der Waals surface area contributed by atoms with Crippen molar-refractivity contribution in [3.8, 4) is 5.75 Å². The standard InChI is InChI=1S/C21H30N4O4/c1-4-5-6-16(11-19(27)28)24-20-17(13(2)23-21(22)25-20)10-15-9-14(12-26)7-8-18(15)29-3/h7-9,16,26H,4-6,10-12H2,1-3H3,(H,27,28)(H3,22,23,24,25). The van der Waals surface area contributed by atoms with Crippen molar-refractivity contribution in [2.24, 2.45) is 0 Å². The van der Waals surface area contributed by atoms with Crippen LogP contribution in [-0.2, 0) is 17.8 Å². The molecule has 0 bridgehead atoms. The van der Waals surface area contributed by atoms with E-state index in [0.29, 0.717) is 30.1 Å². The molecule has 1 unspecified atom stereocenters. The zero-order valence-electron chi connectivity index (χ0n) is 17.2. The Morgan fingerprint density at radius 2 is 2.10 bits per heavy atom. The number of nitrogens with two attached hydrogens (primary N) is 1. The first-order valence-electron chi connectivity index (χ1n) is 9.75. The van der Waals surface area contributed by atoms with Crippen LogP contribution < -0.4 is 15.8 Å². The zero-order chi connectivity index (χ0) is 21.4. The summed E-state index contributed by atoms with van der Waals surface area (Å²) in [5, 5.41) is 22.0. The molecule has 0 saturated heterocycles. The highest BCUT2D eigenvalue weighted by molar-refractivity contribution is 5.68. The number of unbranched alkanes of at least 4 members (excludes halogenated alkanes) is 1. The maximum atomic E-state index is 11.3. The molecule has 0 aliphatic carbocycles. The van der Waals surface area contributed by atoms with E-state index >= 15 is 0 Å². The SMILES string of the molecule is CCCCC(CC(=O)O)Nc1nc(N)nc(C)c1Cc1cc(CO)ccc1OC. The summed E-state index contributed by atoms with van der Waals surface area (Å²) in [5.74, 6) is 0.497. The molecule has 0 saturated carbocycles. The molecule has 0 amide bonds. The number of hydrogen-bond acceptors (Lipinski definition) is 7. The lowest BCUT2D eigenvalue weighted by atomic mass is 10.00. The van der Waals surface area contributed by atoms with Gasteiger partial charge in [0.15, 0.2) is 0 Å². The molecule has 0 spiro atoms. The van der Waals surface area contributed by atoms with Gasteiger partial charge >= 0.3 is 5.97 Å². The largest absolute Gasteiger partial charge is 0.496 e. The third kappa shape index (κ3) is 6.32. The second-order valence-corrected chi connectivity index (χ2v) is 7.06. The number of anilines is 2. The number of aryl methyl sites for hydroxylation is 1. The van der Waals surface area contributed by atoms with Crippen LogP contribution in [0.2, 0.25) is 0 Å². The number of ether oxygens (including phenoxy) is 1. The van der Waals surface area contributed by atoms with Crippen LogP contribution in [0, 0.1) is 6.92 Å². The van der Waals surface area contributed by atoms with Gasteiger partial charge in [-0.15, -0.1) is 0 Å². The lowest BCUT2D eigenvalue weighted by molar-refractivity contribution is -0.137.